The van der Waals surface area contributed by atoms with E-state index in [-0.39, 0.29) is 18.9 Å². The molecule has 1 spiro atoms. The van der Waals surface area contributed by atoms with Crippen molar-refractivity contribution >= 4 is 11.5 Å². The predicted octanol–water partition coefficient (Wildman–Crippen LogP) is 7.89. The SMILES string of the molecule is O=[N+]([O-])c1cc(C(F)(F)F)c2nc1-c1nnc(o1)[C@@](OCc1ccccc1)(C(F)(F)F)CCC=CCC1(CCCCC1)N2. The summed E-state index contributed by atoms with van der Waals surface area (Å²) < 4.78 is 98.1. The highest BCUT2D eigenvalue weighted by molar-refractivity contribution is 5.68. The van der Waals surface area contributed by atoms with Crippen LogP contribution in [0.1, 0.15) is 68.4 Å². The van der Waals surface area contributed by atoms with Gasteiger partial charge >= 0.3 is 18.0 Å². The van der Waals surface area contributed by atoms with Gasteiger partial charge in [0.1, 0.15) is 11.4 Å². The van der Waals surface area contributed by atoms with Crippen LogP contribution in [0.5, 0.6) is 0 Å². The first-order valence-corrected chi connectivity index (χ1v) is 13.6. The van der Waals surface area contributed by atoms with Crippen LogP contribution in [0.2, 0.25) is 0 Å². The lowest BCUT2D eigenvalue weighted by molar-refractivity contribution is -0.384. The number of hydrogen-bond acceptors (Lipinski definition) is 8. The summed E-state index contributed by atoms with van der Waals surface area (Å²) in [5.74, 6) is -2.60. The van der Waals surface area contributed by atoms with E-state index in [1.807, 2.05) is 0 Å². The zero-order chi connectivity index (χ0) is 30.9. The van der Waals surface area contributed by atoms with Gasteiger partial charge < -0.3 is 14.5 Å². The Morgan fingerprint density at radius 1 is 1.00 bits per heavy atom. The minimum atomic E-state index is -5.09. The molecule has 5 rings (SSSR count). The van der Waals surface area contributed by atoms with E-state index in [0.29, 0.717) is 31.2 Å². The van der Waals surface area contributed by atoms with Crippen molar-refractivity contribution in [3.05, 3.63) is 75.7 Å². The fourth-order valence-corrected chi connectivity index (χ4v) is 5.53. The predicted molar refractivity (Wildman–Crippen MR) is 141 cm³/mol. The van der Waals surface area contributed by atoms with E-state index in [0.717, 1.165) is 6.42 Å². The van der Waals surface area contributed by atoms with Crippen LogP contribution in [0.4, 0.5) is 37.8 Å². The molecule has 1 aromatic carbocycles. The number of hydrogen-bond donors (Lipinski definition) is 1. The van der Waals surface area contributed by atoms with Gasteiger partial charge in [0, 0.05) is 11.6 Å². The molecule has 1 saturated carbocycles. The maximum Gasteiger partial charge on any atom is 0.426 e. The molecule has 15 heteroatoms. The number of benzene rings is 1. The molecule has 1 fully saturated rings. The molecule has 1 aliphatic heterocycles. The summed E-state index contributed by atoms with van der Waals surface area (Å²) in [5, 5.41) is 22.0. The standard InChI is InChI=1S/C28H27F6N5O4/c29-27(30,31)19-16-20(39(40)41)21-23-37-38-24(43-23)26(28(32,33)34,42-17-18-10-4-1-5-11-18)15-9-3-8-14-25(36-22(19)35-21)12-6-2-7-13-25/h1,3-5,8,10-11,16H,2,6-7,9,12-15,17H2,(H,35,36)/t26-/m1/s1. The van der Waals surface area contributed by atoms with Gasteiger partial charge in [-0.2, -0.15) is 26.3 Å². The van der Waals surface area contributed by atoms with Crippen LogP contribution in [-0.4, -0.2) is 31.8 Å². The van der Waals surface area contributed by atoms with Gasteiger partial charge in [-0.05, 0) is 37.7 Å². The van der Waals surface area contributed by atoms with Gasteiger partial charge in [-0.3, -0.25) is 10.1 Å². The monoisotopic (exact) mass is 611 g/mol. The Labute approximate surface area is 241 Å². The Balaban J connectivity index is 1.70. The van der Waals surface area contributed by atoms with Crippen molar-refractivity contribution in [2.24, 2.45) is 0 Å². The number of pyridine rings is 1. The van der Waals surface area contributed by atoms with Gasteiger partial charge in [0.25, 0.3) is 11.8 Å². The number of aromatic nitrogens is 3. The lowest BCUT2D eigenvalue weighted by Crippen LogP contribution is -2.45. The molecule has 0 radical (unpaired) electrons. The normalized spacial score (nSPS) is 20.8. The first kappa shape index (κ1) is 30.4. The average molecular weight is 612 g/mol. The van der Waals surface area contributed by atoms with Crippen molar-refractivity contribution in [1.29, 1.82) is 0 Å². The quantitative estimate of drug-likeness (QED) is 0.137. The molecule has 0 saturated heterocycles. The molecule has 3 heterocycles. The van der Waals surface area contributed by atoms with Crippen molar-refractivity contribution in [2.75, 3.05) is 5.32 Å². The highest BCUT2D eigenvalue weighted by Crippen LogP contribution is 2.48. The second-order valence-corrected chi connectivity index (χ2v) is 10.7. The summed E-state index contributed by atoms with van der Waals surface area (Å²) in [6.45, 7) is -0.488. The Morgan fingerprint density at radius 2 is 1.72 bits per heavy atom. The van der Waals surface area contributed by atoms with Crippen LogP contribution in [0, 0.1) is 10.1 Å². The number of allylic oxidation sites excluding steroid dienone is 1. The maximum absolute atomic E-state index is 14.9. The smallest absolute Gasteiger partial charge is 0.415 e. The van der Waals surface area contributed by atoms with Crippen LogP contribution in [-0.2, 0) is 23.1 Å². The topological polar surface area (TPSA) is 116 Å². The summed E-state index contributed by atoms with van der Waals surface area (Å²) in [6.07, 6.45) is -4.45. The van der Waals surface area contributed by atoms with Crippen LogP contribution in [0.3, 0.4) is 0 Å². The number of ether oxygens (including phenoxy) is 1. The molecule has 4 bridgehead atoms. The van der Waals surface area contributed by atoms with Gasteiger partial charge in [0.15, 0.2) is 0 Å². The molecule has 43 heavy (non-hydrogen) atoms. The minimum Gasteiger partial charge on any atom is -0.415 e. The zero-order valence-electron chi connectivity index (χ0n) is 22.7. The summed E-state index contributed by atoms with van der Waals surface area (Å²) in [7, 11) is 0. The van der Waals surface area contributed by atoms with Gasteiger partial charge in [-0.15, -0.1) is 10.2 Å². The van der Waals surface area contributed by atoms with E-state index in [9.17, 15) is 36.5 Å². The molecular weight excluding hydrogens is 584 g/mol. The number of fused-ring (bicyclic) bond motifs is 5. The van der Waals surface area contributed by atoms with Gasteiger partial charge in [0.2, 0.25) is 11.3 Å². The van der Waals surface area contributed by atoms with Crippen molar-refractivity contribution in [3.8, 4) is 11.6 Å². The average Bonchev–Trinajstić information content (AvgIpc) is 3.44. The van der Waals surface area contributed by atoms with Crippen molar-refractivity contribution in [3.63, 3.8) is 0 Å². The summed E-state index contributed by atoms with van der Waals surface area (Å²) in [5.41, 5.74) is -6.95. The van der Waals surface area contributed by atoms with Crippen molar-refractivity contribution in [2.45, 2.75) is 81.5 Å². The minimum absolute atomic E-state index is 0.153. The molecule has 3 aromatic rings. The fraction of sp³-hybridized carbons (Fsp3) is 0.464. The number of nitrogens with zero attached hydrogens (tertiary/aromatic N) is 4. The number of nitro groups is 1. The third-order valence-corrected chi connectivity index (χ3v) is 7.80. The van der Waals surface area contributed by atoms with Crippen molar-refractivity contribution in [1.82, 2.24) is 15.2 Å². The molecule has 2 aliphatic rings. The second kappa shape index (κ2) is 11.6. The number of alkyl halides is 6. The lowest BCUT2D eigenvalue weighted by atomic mass is 9.79. The molecule has 1 N–H and O–H groups in total. The first-order valence-electron chi connectivity index (χ1n) is 13.6. The van der Waals surface area contributed by atoms with Crippen molar-refractivity contribution < 1.29 is 40.4 Å². The fourth-order valence-electron chi connectivity index (χ4n) is 5.53. The van der Waals surface area contributed by atoms with Crippen LogP contribution < -0.4 is 5.32 Å². The molecule has 0 amide bonds. The molecule has 9 nitrogen and oxygen atoms in total. The van der Waals surface area contributed by atoms with Crippen LogP contribution in [0.25, 0.3) is 11.6 Å². The molecule has 1 aliphatic carbocycles. The van der Waals surface area contributed by atoms with Crippen LogP contribution >= 0.6 is 0 Å². The number of rotatable bonds is 4. The van der Waals surface area contributed by atoms with E-state index >= 15 is 0 Å². The molecule has 0 unspecified atom stereocenters. The summed E-state index contributed by atoms with van der Waals surface area (Å²) in [6, 6.07) is 8.37. The molecular formula is C28H27F6N5O4. The second-order valence-electron chi connectivity index (χ2n) is 10.7. The number of nitrogens with one attached hydrogen (secondary N) is 1. The van der Waals surface area contributed by atoms with Gasteiger partial charge in [-0.25, -0.2) is 4.98 Å². The zero-order valence-corrected chi connectivity index (χ0v) is 22.7. The van der Waals surface area contributed by atoms with Crippen LogP contribution in [0.15, 0.2) is 53.0 Å². The van der Waals surface area contributed by atoms with E-state index < -0.39 is 76.0 Å². The maximum atomic E-state index is 14.9. The van der Waals surface area contributed by atoms with E-state index in [4.69, 9.17) is 9.15 Å². The Morgan fingerprint density at radius 3 is 2.37 bits per heavy atom. The highest BCUT2D eigenvalue weighted by atomic mass is 19.4. The summed E-state index contributed by atoms with van der Waals surface area (Å²) in [4.78, 5) is 14.7. The number of anilines is 1. The van der Waals surface area contributed by atoms with E-state index in [1.165, 1.54) is 6.08 Å². The molecule has 1 atom stereocenters. The Hall–Kier alpha value is -4.01. The molecule has 2 aromatic heterocycles. The highest BCUT2D eigenvalue weighted by Gasteiger charge is 2.61. The third-order valence-electron chi connectivity index (χ3n) is 7.80. The Kier molecular flexibility index (Phi) is 8.20. The van der Waals surface area contributed by atoms with Gasteiger partial charge in [0.05, 0.1) is 11.5 Å². The van der Waals surface area contributed by atoms with E-state index in [2.05, 4.69) is 20.5 Å². The molecule has 230 valence electrons. The third kappa shape index (κ3) is 6.21. The number of halogens is 6. The Bertz CT molecular complexity index is 1480. The van der Waals surface area contributed by atoms with E-state index in [1.54, 1.807) is 36.4 Å². The van der Waals surface area contributed by atoms with Gasteiger partial charge in [-0.1, -0.05) is 61.7 Å². The lowest BCUT2D eigenvalue weighted by Gasteiger charge is -2.38. The first-order chi connectivity index (χ1) is 20.3. The summed E-state index contributed by atoms with van der Waals surface area (Å²) >= 11 is 0. The largest absolute Gasteiger partial charge is 0.426 e.